The van der Waals surface area contributed by atoms with Crippen LogP contribution in [0.15, 0.2) is 24.3 Å². The SMILES string of the molecule is O=C1N(Cc2ccccc2F)CCCC12CCN(CCCC(F)(F)F)C2. The molecule has 2 aliphatic rings. The zero-order valence-electron chi connectivity index (χ0n) is 14.7. The maximum absolute atomic E-state index is 13.9. The van der Waals surface area contributed by atoms with E-state index in [-0.39, 0.29) is 24.7 Å². The van der Waals surface area contributed by atoms with E-state index >= 15 is 0 Å². The minimum Gasteiger partial charge on any atom is -0.338 e. The molecule has 1 aromatic rings. The number of piperidine rings is 1. The quantitative estimate of drug-likeness (QED) is 0.730. The van der Waals surface area contributed by atoms with Crippen molar-refractivity contribution in [1.29, 1.82) is 0 Å². The fourth-order valence-electron chi connectivity index (χ4n) is 4.17. The van der Waals surface area contributed by atoms with Gasteiger partial charge in [0.1, 0.15) is 5.82 Å². The normalized spacial score (nSPS) is 24.6. The summed E-state index contributed by atoms with van der Waals surface area (Å²) in [5.41, 5.74) is -0.0141. The molecule has 0 aromatic heterocycles. The molecule has 3 rings (SSSR count). The lowest BCUT2D eigenvalue weighted by atomic mass is 9.78. The number of carbonyl (C=O) groups is 1. The minimum atomic E-state index is -4.13. The second-order valence-corrected chi connectivity index (χ2v) is 7.45. The molecule has 2 fully saturated rings. The highest BCUT2D eigenvalue weighted by Gasteiger charge is 2.48. The summed E-state index contributed by atoms with van der Waals surface area (Å²) in [4.78, 5) is 16.7. The molecule has 1 spiro atoms. The maximum Gasteiger partial charge on any atom is 0.389 e. The van der Waals surface area contributed by atoms with Crippen LogP contribution in [0.25, 0.3) is 0 Å². The van der Waals surface area contributed by atoms with E-state index < -0.39 is 18.0 Å². The summed E-state index contributed by atoms with van der Waals surface area (Å²) in [7, 11) is 0. The summed E-state index contributed by atoms with van der Waals surface area (Å²) in [5, 5.41) is 0. The number of benzene rings is 1. The highest BCUT2D eigenvalue weighted by molar-refractivity contribution is 5.84. The molecular weight excluding hydrogens is 348 g/mol. The van der Waals surface area contributed by atoms with Crippen molar-refractivity contribution in [2.75, 3.05) is 26.2 Å². The summed E-state index contributed by atoms with van der Waals surface area (Å²) in [6.45, 7) is 2.38. The molecule has 0 radical (unpaired) electrons. The summed E-state index contributed by atoms with van der Waals surface area (Å²) in [6, 6.07) is 6.44. The standard InChI is InChI=1S/C19H24F4N2O/c20-16-6-2-1-5-15(16)13-25-11-3-7-18(17(25)26)9-12-24(14-18)10-4-8-19(21,22)23/h1-2,5-6H,3-4,7-14H2. The van der Waals surface area contributed by atoms with Crippen molar-refractivity contribution < 1.29 is 22.4 Å². The summed E-state index contributed by atoms with van der Waals surface area (Å²) >= 11 is 0. The van der Waals surface area contributed by atoms with Gasteiger partial charge in [0.15, 0.2) is 0 Å². The number of alkyl halides is 3. The van der Waals surface area contributed by atoms with Gasteiger partial charge in [0.2, 0.25) is 5.91 Å². The van der Waals surface area contributed by atoms with Crippen molar-refractivity contribution >= 4 is 5.91 Å². The Labute approximate surface area is 151 Å². The van der Waals surface area contributed by atoms with Crippen molar-refractivity contribution in [3.05, 3.63) is 35.6 Å². The predicted molar refractivity (Wildman–Crippen MR) is 89.8 cm³/mol. The van der Waals surface area contributed by atoms with Crippen molar-refractivity contribution in [2.45, 2.75) is 44.8 Å². The number of amides is 1. The van der Waals surface area contributed by atoms with Gasteiger partial charge in [-0.2, -0.15) is 13.2 Å². The molecular formula is C19H24F4N2O. The Balaban J connectivity index is 1.60. The molecule has 1 aromatic carbocycles. The number of hydrogen-bond acceptors (Lipinski definition) is 2. The van der Waals surface area contributed by atoms with Gasteiger partial charge in [0, 0.05) is 31.6 Å². The van der Waals surface area contributed by atoms with E-state index in [4.69, 9.17) is 0 Å². The van der Waals surface area contributed by atoms with Crippen LogP contribution in [0.4, 0.5) is 17.6 Å². The van der Waals surface area contributed by atoms with Gasteiger partial charge >= 0.3 is 6.18 Å². The topological polar surface area (TPSA) is 23.6 Å². The Kier molecular flexibility index (Phi) is 5.55. The first kappa shape index (κ1) is 19.1. The third kappa shape index (κ3) is 4.37. The highest BCUT2D eigenvalue weighted by Crippen LogP contribution is 2.40. The Morgan fingerprint density at radius 1 is 1.12 bits per heavy atom. The van der Waals surface area contributed by atoms with Crippen LogP contribution >= 0.6 is 0 Å². The molecule has 1 atom stereocenters. The molecule has 0 aliphatic carbocycles. The maximum atomic E-state index is 13.9. The predicted octanol–water partition coefficient (Wildman–Crippen LogP) is 3.98. The van der Waals surface area contributed by atoms with Crippen LogP contribution in [-0.4, -0.2) is 48.1 Å². The Bertz CT molecular complexity index is 649. The number of carbonyl (C=O) groups excluding carboxylic acids is 1. The van der Waals surface area contributed by atoms with Crippen LogP contribution in [0, 0.1) is 11.2 Å². The van der Waals surface area contributed by atoms with Crippen molar-refractivity contribution in [1.82, 2.24) is 9.80 Å². The number of hydrogen-bond donors (Lipinski definition) is 0. The second kappa shape index (κ2) is 7.55. The minimum absolute atomic E-state index is 0.0188. The summed E-state index contributed by atoms with van der Waals surface area (Å²) in [5.74, 6) is -0.301. The molecule has 144 valence electrons. The third-order valence-corrected chi connectivity index (χ3v) is 5.51. The monoisotopic (exact) mass is 372 g/mol. The van der Waals surface area contributed by atoms with Gasteiger partial charge in [-0.05, 0) is 44.8 Å². The fourth-order valence-corrected chi connectivity index (χ4v) is 4.17. The van der Waals surface area contributed by atoms with Crippen molar-refractivity contribution in [2.24, 2.45) is 5.41 Å². The number of nitrogens with zero attached hydrogens (tertiary/aromatic N) is 2. The summed E-state index contributed by atoms with van der Waals surface area (Å²) in [6.07, 6.45) is -2.58. The zero-order chi connectivity index (χ0) is 18.8. The van der Waals surface area contributed by atoms with E-state index in [0.717, 1.165) is 12.8 Å². The van der Waals surface area contributed by atoms with E-state index in [1.54, 1.807) is 23.1 Å². The second-order valence-electron chi connectivity index (χ2n) is 7.45. The molecule has 26 heavy (non-hydrogen) atoms. The zero-order valence-corrected chi connectivity index (χ0v) is 14.7. The smallest absolute Gasteiger partial charge is 0.338 e. The Hall–Kier alpha value is -1.63. The molecule has 2 heterocycles. The molecule has 2 aliphatic heterocycles. The molecule has 3 nitrogen and oxygen atoms in total. The summed E-state index contributed by atoms with van der Waals surface area (Å²) < 4.78 is 50.9. The van der Waals surface area contributed by atoms with E-state index in [1.807, 2.05) is 4.90 Å². The van der Waals surface area contributed by atoms with Gasteiger partial charge in [-0.3, -0.25) is 4.79 Å². The first-order valence-corrected chi connectivity index (χ1v) is 9.11. The third-order valence-electron chi connectivity index (χ3n) is 5.51. The molecule has 0 N–H and O–H groups in total. The van der Waals surface area contributed by atoms with Gasteiger partial charge in [0.25, 0.3) is 0 Å². The molecule has 1 unspecified atom stereocenters. The van der Waals surface area contributed by atoms with Crippen molar-refractivity contribution in [3.8, 4) is 0 Å². The Morgan fingerprint density at radius 2 is 1.88 bits per heavy atom. The van der Waals surface area contributed by atoms with E-state index in [0.29, 0.717) is 38.2 Å². The van der Waals surface area contributed by atoms with Crippen LogP contribution in [0.3, 0.4) is 0 Å². The lowest BCUT2D eigenvalue weighted by Crippen LogP contribution is -2.49. The average molecular weight is 372 g/mol. The molecule has 0 bridgehead atoms. The van der Waals surface area contributed by atoms with E-state index in [9.17, 15) is 22.4 Å². The number of halogens is 4. The number of rotatable bonds is 5. The first-order chi connectivity index (χ1) is 12.3. The van der Waals surface area contributed by atoms with Crippen LogP contribution in [0.2, 0.25) is 0 Å². The Morgan fingerprint density at radius 3 is 2.62 bits per heavy atom. The molecule has 0 saturated carbocycles. The van der Waals surface area contributed by atoms with Gasteiger partial charge in [0.05, 0.1) is 5.41 Å². The largest absolute Gasteiger partial charge is 0.389 e. The lowest BCUT2D eigenvalue weighted by Gasteiger charge is -2.39. The van der Waals surface area contributed by atoms with Crippen molar-refractivity contribution in [3.63, 3.8) is 0 Å². The van der Waals surface area contributed by atoms with Crippen LogP contribution in [0.5, 0.6) is 0 Å². The van der Waals surface area contributed by atoms with Gasteiger partial charge < -0.3 is 9.80 Å². The molecule has 2 saturated heterocycles. The van der Waals surface area contributed by atoms with E-state index in [2.05, 4.69) is 0 Å². The van der Waals surface area contributed by atoms with Crippen LogP contribution in [-0.2, 0) is 11.3 Å². The average Bonchev–Trinajstić information content (AvgIpc) is 2.97. The first-order valence-electron chi connectivity index (χ1n) is 9.11. The van der Waals surface area contributed by atoms with E-state index in [1.165, 1.54) is 6.07 Å². The highest BCUT2D eigenvalue weighted by atomic mass is 19.4. The molecule has 7 heteroatoms. The number of likely N-dealkylation sites (tertiary alicyclic amines) is 2. The molecule has 1 amide bonds. The van der Waals surface area contributed by atoms with Crippen LogP contribution < -0.4 is 0 Å². The van der Waals surface area contributed by atoms with Gasteiger partial charge in [-0.1, -0.05) is 18.2 Å². The van der Waals surface area contributed by atoms with Gasteiger partial charge in [-0.25, -0.2) is 4.39 Å². The fraction of sp³-hybridized carbons (Fsp3) is 0.632. The van der Waals surface area contributed by atoms with Crippen LogP contribution in [0.1, 0.15) is 37.7 Å². The lowest BCUT2D eigenvalue weighted by molar-refractivity contribution is -0.146. The van der Waals surface area contributed by atoms with Gasteiger partial charge in [-0.15, -0.1) is 0 Å².